The van der Waals surface area contributed by atoms with Crippen molar-refractivity contribution in [1.29, 1.82) is 0 Å². The second kappa shape index (κ2) is 19.2. The van der Waals surface area contributed by atoms with E-state index in [0.29, 0.717) is 36.8 Å². The van der Waals surface area contributed by atoms with Crippen molar-refractivity contribution in [3.05, 3.63) is 70.8 Å². The fourth-order valence-corrected chi connectivity index (χ4v) is 11.3. The van der Waals surface area contributed by atoms with Crippen LogP contribution in [0, 0.1) is 11.3 Å². The molecule has 3 fully saturated rings. The lowest BCUT2D eigenvalue weighted by molar-refractivity contribution is -0.189. The second-order valence-electron chi connectivity index (χ2n) is 20.4. The van der Waals surface area contributed by atoms with E-state index in [4.69, 9.17) is 19.4 Å². The summed E-state index contributed by atoms with van der Waals surface area (Å²) in [6.07, 6.45) is 5.04. The Hall–Kier alpha value is -5.69. The van der Waals surface area contributed by atoms with Gasteiger partial charge in [0.15, 0.2) is 0 Å². The molecule has 18 heteroatoms. The molecule has 6 heterocycles. The maximum absolute atomic E-state index is 14.8. The van der Waals surface area contributed by atoms with Crippen molar-refractivity contribution < 1.29 is 38.6 Å². The monoisotopic (exact) mass is 965 g/mol. The fraction of sp³-hybridized carbons (Fsp3) is 0.549. The number of thiazole rings is 1. The van der Waals surface area contributed by atoms with E-state index in [2.05, 4.69) is 47.0 Å². The molecule has 2 saturated heterocycles. The highest BCUT2D eigenvalue weighted by atomic mass is 32.1. The number of esters is 1. The summed E-state index contributed by atoms with van der Waals surface area (Å²) in [5.41, 5.74) is 5.77. The van der Waals surface area contributed by atoms with Crippen LogP contribution in [0.5, 0.6) is 0 Å². The molecule has 0 unspecified atom stereocenters. The number of rotatable bonds is 9. The minimum absolute atomic E-state index is 0.0145. The summed E-state index contributed by atoms with van der Waals surface area (Å²) in [5.74, 6) is -2.59. The molecule has 69 heavy (non-hydrogen) atoms. The molecular formula is C51H67N9O8S. The number of cyclic esters (lactones) is 1. The lowest BCUT2D eigenvalue weighted by Gasteiger charge is -2.47. The van der Waals surface area contributed by atoms with Crippen LogP contribution in [0.15, 0.2) is 54.6 Å². The molecule has 6 bridgehead atoms. The van der Waals surface area contributed by atoms with Crippen LogP contribution in [0.4, 0.5) is 4.79 Å². The van der Waals surface area contributed by atoms with Crippen LogP contribution >= 0.6 is 11.3 Å². The summed E-state index contributed by atoms with van der Waals surface area (Å²) in [6, 6.07) is 7.37. The number of nitrogens with zero attached hydrogens (tertiary/aromatic N) is 7. The number of hydrogen-bond acceptors (Lipinski definition) is 12. The number of aromatic nitrogens is 3. The summed E-state index contributed by atoms with van der Waals surface area (Å²) < 4.78 is 14.1. The van der Waals surface area contributed by atoms with Crippen molar-refractivity contribution in [2.24, 2.45) is 11.3 Å². The van der Waals surface area contributed by atoms with Crippen LogP contribution in [0.25, 0.3) is 33.4 Å². The summed E-state index contributed by atoms with van der Waals surface area (Å²) >= 11 is 1.36. The molecule has 3 aromatic heterocycles. The van der Waals surface area contributed by atoms with Gasteiger partial charge in [-0.1, -0.05) is 40.3 Å². The number of methoxy groups -OCH3 is 1. The van der Waals surface area contributed by atoms with Crippen molar-refractivity contribution in [2.75, 3.05) is 40.4 Å². The first-order valence-electron chi connectivity index (χ1n) is 24.1. The van der Waals surface area contributed by atoms with Gasteiger partial charge in [-0.25, -0.2) is 14.6 Å². The molecule has 3 N–H and O–H groups in total. The normalized spacial score (nSPS) is 23.3. The molecule has 1 aromatic carbocycles. The summed E-state index contributed by atoms with van der Waals surface area (Å²) in [7, 11) is 3.26. The Kier molecular flexibility index (Phi) is 13.9. The molecule has 1 aliphatic carbocycles. The molecular weight excluding hydrogens is 899 g/mol. The topological polar surface area (TPSA) is 192 Å². The summed E-state index contributed by atoms with van der Waals surface area (Å²) in [5, 5.41) is 19.6. The number of urea groups is 1. The Morgan fingerprint density at radius 2 is 1.91 bits per heavy atom. The number of aryl methyl sites for hydroxylation is 1. The van der Waals surface area contributed by atoms with Gasteiger partial charge in [0.2, 0.25) is 17.5 Å². The van der Waals surface area contributed by atoms with Gasteiger partial charge in [0.1, 0.15) is 12.1 Å². The van der Waals surface area contributed by atoms with Crippen molar-refractivity contribution in [2.45, 2.75) is 129 Å². The predicted molar refractivity (Wildman–Crippen MR) is 262 cm³/mol. The standard InChI is InChI=1S/C51H67N9O8S/c1-11-41(61)59-26-31(5)58(28-50(59)19-20-50)48(65)56(9)43(30(3)4)45(62)54-37-24-40-53-38(27-69-40)33-16-17-39-35(23-33)36(44(57(39)12-2)34-15-13-21-52-42(34)32(6)67-10)25-49(7,8)29-68-47(64)51(66)18-14-22-60(55-51)46(37)63/h11,13,15-17,21,23,27,30-32,37,43,55,66H,1,12,14,18-20,22,24-26,28-29H2,2-10H3,(H,54,62)/t31-,32-,37-,43-,51-/m0/s1. The number of fused-ring (bicyclic) bond motifs is 6. The van der Waals surface area contributed by atoms with Gasteiger partial charge in [-0.2, -0.15) is 5.43 Å². The van der Waals surface area contributed by atoms with E-state index in [9.17, 15) is 29.1 Å². The second-order valence-corrected chi connectivity index (χ2v) is 21.4. The predicted octanol–water partition coefficient (Wildman–Crippen LogP) is 5.85. The van der Waals surface area contributed by atoms with Crippen LogP contribution in [-0.4, -0.2) is 139 Å². The quantitative estimate of drug-likeness (QED) is 0.135. The van der Waals surface area contributed by atoms with Crippen molar-refractivity contribution in [3.63, 3.8) is 0 Å². The van der Waals surface area contributed by atoms with E-state index < -0.39 is 46.5 Å². The van der Waals surface area contributed by atoms with E-state index >= 15 is 0 Å². The number of carbonyl (C=O) groups excluding carboxylic acids is 5. The summed E-state index contributed by atoms with van der Waals surface area (Å²) in [6.45, 7) is 18.8. The number of ether oxygens (including phenoxy) is 2. The number of likely N-dealkylation sites (N-methyl/N-ethyl adjacent to an activating group) is 1. The zero-order valence-electron chi connectivity index (χ0n) is 41.3. The van der Waals surface area contributed by atoms with E-state index in [-0.39, 0.29) is 62.4 Å². The van der Waals surface area contributed by atoms with E-state index in [1.165, 1.54) is 27.3 Å². The highest BCUT2D eigenvalue weighted by molar-refractivity contribution is 7.10. The third-order valence-electron chi connectivity index (χ3n) is 14.4. The number of piperazine rings is 1. The maximum atomic E-state index is 14.8. The number of hydrazine groups is 1. The number of pyridine rings is 1. The van der Waals surface area contributed by atoms with Crippen LogP contribution in [0.3, 0.4) is 0 Å². The lowest BCUT2D eigenvalue weighted by atomic mass is 9.84. The number of amides is 5. The maximum Gasteiger partial charge on any atom is 0.355 e. The van der Waals surface area contributed by atoms with Crippen LogP contribution in [0.2, 0.25) is 0 Å². The average Bonchev–Trinajstić information content (AvgIpc) is 3.82. The number of hydrogen-bond donors (Lipinski definition) is 3. The molecule has 8 rings (SSSR count). The first kappa shape index (κ1) is 49.7. The van der Waals surface area contributed by atoms with E-state index in [1.807, 2.05) is 64.0 Å². The highest BCUT2D eigenvalue weighted by Gasteiger charge is 2.56. The molecule has 1 saturated carbocycles. The molecule has 370 valence electrons. The Morgan fingerprint density at radius 3 is 2.59 bits per heavy atom. The number of carbonyl (C=O) groups is 5. The zero-order valence-corrected chi connectivity index (χ0v) is 42.2. The van der Waals surface area contributed by atoms with E-state index in [0.717, 1.165) is 51.8 Å². The number of nitrogens with one attached hydrogen (secondary N) is 2. The number of benzene rings is 1. The largest absolute Gasteiger partial charge is 0.462 e. The molecule has 5 atom stereocenters. The van der Waals surface area contributed by atoms with Gasteiger partial charge >= 0.3 is 12.0 Å². The van der Waals surface area contributed by atoms with Gasteiger partial charge < -0.3 is 39.2 Å². The Bertz CT molecular complexity index is 2660. The molecule has 4 aliphatic rings. The fourth-order valence-electron chi connectivity index (χ4n) is 10.5. The SMILES string of the molecule is C=CC(=O)N1C[C@H](C)N(C(=O)N(C)[C@H](C(=O)N[C@H]2Cc3nc(cs3)-c3ccc4c(c3)c(c(-c3cccnc3[C@H](C)OC)n4CC)CC(C)(C)COC(=O)[C@@]3(O)CCCN(N3)C2=O)C(C)C)CC12CC2. The third-order valence-corrected chi connectivity index (χ3v) is 15.3. The van der Waals surface area contributed by atoms with Crippen molar-refractivity contribution in [1.82, 2.24) is 45.0 Å². The number of aliphatic hydroxyl groups is 1. The lowest BCUT2D eigenvalue weighted by Crippen LogP contribution is -2.68. The van der Waals surface area contributed by atoms with Gasteiger partial charge in [0, 0.05) is 98.2 Å². The molecule has 4 aromatic rings. The van der Waals surface area contributed by atoms with Gasteiger partial charge in [-0.3, -0.25) is 24.4 Å². The summed E-state index contributed by atoms with van der Waals surface area (Å²) in [4.78, 5) is 85.4. The zero-order chi connectivity index (χ0) is 49.7. The minimum Gasteiger partial charge on any atom is -0.462 e. The average molecular weight is 966 g/mol. The first-order chi connectivity index (χ1) is 32.7. The van der Waals surface area contributed by atoms with Crippen molar-refractivity contribution in [3.8, 4) is 22.5 Å². The molecule has 1 spiro atoms. The van der Waals surface area contributed by atoms with E-state index in [1.54, 1.807) is 25.3 Å². The minimum atomic E-state index is -2.24. The van der Waals surface area contributed by atoms with Crippen LogP contribution < -0.4 is 10.7 Å². The molecule has 0 radical (unpaired) electrons. The Labute approximate surface area is 408 Å². The van der Waals surface area contributed by atoms with Crippen LogP contribution in [0.1, 0.15) is 96.5 Å². The van der Waals surface area contributed by atoms with Gasteiger partial charge in [-0.05, 0) is 88.3 Å². The third kappa shape index (κ3) is 9.52. The molecule has 5 amide bonds. The smallest absolute Gasteiger partial charge is 0.355 e. The highest BCUT2D eigenvalue weighted by Crippen LogP contribution is 2.46. The van der Waals surface area contributed by atoms with Gasteiger partial charge in [-0.15, -0.1) is 11.3 Å². The molecule has 17 nitrogen and oxygen atoms in total. The van der Waals surface area contributed by atoms with Gasteiger partial charge in [0.05, 0.1) is 40.3 Å². The molecule has 3 aliphatic heterocycles. The Balaban J connectivity index is 1.16. The first-order valence-corrected chi connectivity index (χ1v) is 25.0. The van der Waals surface area contributed by atoms with Gasteiger partial charge in [0.25, 0.3) is 5.91 Å². The Morgan fingerprint density at radius 1 is 1.16 bits per heavy atom. The van der Waals surface area contributed by atoms with Crippen LogP contribution in [-0.2, 0) is 48.0 Å². The van der Waals surface area contributed by atoms with Crippen molar-refractivity contribution >= 4 is 52.0 Å².